The summed E-state index contributed by atoms with van der Waals surface area (Å²) >= 11 is 5.64. The van der Waals surface area contributed by atoms with E-state index in [1.807, 2.05) is 0 Å². The van der Waals surface area contributed by atoms with Gasteiger partial charge < -0.3 is 9.47 Å². The van der Waals surface area contributed by atoms with Crippen LogP contribution in [0.3, 0.4) is 0 Å². The summed E-state index contributed by atoms with van der Waals surface area (Å²) in [6, 6.07) is 7.46. The Morgan fingerprint density at radius 2 is 2.08 bits per heavy atom. The van der Waals surface area contributed by atoms with Crippen LogP contribution in [0, 0.1) is 5.82 Å². The molecule has 0 saturated carbocycles. The first-order chi connectivity index (χ1) is 12.1. The van der Waals surface area contributed by atoms with Crippen molar-refractivity contribution in [1.29, 1.82) is 0 Å². The van der Waals surface area contributed by atoms with E-state index in [1.54, 1.807) is 31.2 Å². The Morgan fingerprint density at radius 3 is 2.76 bits per heavy atom. The van der Waals surface area contributed by atoms with Crippen LogP contribution in [-0.4, -0.2) is 37.8 Å². The summed E-state index contributed by atoms with van der Waals surface area (Å²) in [6.45, 7) is 1.90. The van der Waals surface area contributed by atoms with E-state index in [9.17, 15) is 9.18 Å². The van der Waals surface area contributed by atoms with Crippen molar-refractivity contribution in [2.45, 2.75) is 6.92 Å². The van der Waals surface area contributed by atoms with Gasteiger partial charge in [0.25, 0.3) is 11.7 Å². The average molecular weight is 364 g/mol. The van der Waals surface area contributed by atoms with E-state index in [1.165, 1.54) is 6.20 Å². The monoisotopic (exact) mass is 363 g/mol. The summed E-state index contributed by atoms with van der Waals surface area (Å²) in [5, 5.41) is 11.5. The number of halogens is 2. The van der Waals surface area contributed by atoms with Crippen molar-refractivity contribution in [3.63, 3.8) is 0 Å². The van der Waals surface area contributed by atoms with Crippen LogP contribution >= 0.6 is 11.6 Å². The molecule has 0 radical (unpaired) electrons. The summed E-state index contributed by atoms with van der Waals surface area (Å²) in [4.78, 5) is 16.5. The van der Waals surface area contributed by atoms with E-state index >= 15 is 0 Å². The number of esters is 1. The number of carbonyl (C=O) groups is 1. The van der Waals surface area contributed by atoms with Crippen LogP contribution in [0.4, 0.5) is 4.39 Å². The Labute approximate surface area is 146 Å². The fourth-order valence-electron chi connectivity index (χ4n) is 1.84. The number of hydrogen-bond acceptors (Lipinski definition) is 7. The van der Waals surface area contributed by atoms with Crippen LogP contribution in [0.2, 0.25) is 5.02 Å². The van der Waals surface area contributed by atoms with E-state index in [0.29, 0.717) is 11.4 Å². The number of ether oxygens (including phenoxy) is 2. The van der Waals surface area contributed by atoms with Gasteiger partial charge in [-0.2, -0.15) is 0 Å². The van der Waals surface area contributed by atoms with E-state index in [0.717, 1.165) is 10.9 Å². The Morgan fingerprint density at radius 1 is 1.32 bits per heavy atom. The average Bonchev–Trinajstić information content (AvgIpc) is 3.08. The van der Waals surface area contributed by atoms with Crippen LogP contribution in [0.5, 0.6) is 11.6 Å². The van der Waals surface area contributed by atoms with Crippen LogP contribution in [0.1, 0.15) is 17.5 Å². The van der Waals surface area contributed by atoms with Crippen LogP contribution in [-0.2, 0) is 4.74 Å². The molecule has 3 rings (SSSR count). The molecule has 2 aromatic heterocycles. The van der Waals surface area contributed by atoms with E-state index in [2.05, 4.69) is 20.4 Å². The quantitative estimate of drug-likeness (QED) is 0.643. The molecule has 0 fully saturated rings. The van der Waals surface area contributed by atoms with Gasteiger partial charge in [-0.05, 0) is 42.5 Å². The summed E-state index contributed by atoms with van der Waals surface area (Å²) < 4.78 is 23.8. The van der Waals surface area contributed by atoms with Gasteiger partial charge in [-0.25, -0.2) is 14.2 Å². The molecule has 0 bridgehead atoms. The third-order valence-corrected chi connectivity index (χ3v) is 3.13. The van der Waals surface area contributed by atoms with Crippen molar-refractivity contribution < 1.29 is 18.7 Å². The van der Waals surface area contributed by atoms with Gasteiger partial charge in [0.15, 0.2) is 5.82 Å². The maximum atomic E-state index is 13.7. The number of rotatable bonds is 5. The van der Waals surface area contributed by atoms with Crippen molar-refractivity contribution in [3.05, 3.63) is 53.2 Å². The molecule has 0 aliphatic carbocycles. The zero-order chi connectivity index (χ0) is 17.8. The first-order valence-corrected chi connectivity index (χ1v) is 7.51. The van der Waals surface area contributed by atoms with Gasteiger partial charge in [-0.15, -0.1) is 15.0 Å². The lowest BCUT2D eigenvalue weighted by Crippen LogP contribution is -2.07. The molecule has 0 aliphatic heterocycles. The van der Waals surface area contributed by atoms with Crippen LogP contribution in [0.15, 0.2) is 36.5 Å². The molecule has 3 aromatic rings. The zero-order valence-corrected chi connectivity index (χ0v) is 13.6. The second-order valence-corrected chi connectivity index (χ2v) is 5.10. The minimum absolute atomic E-state index is 0.144. The van der Waals surface area contributed by atoms with E-state index < -0.39 is 11.8 Å². The first kappa shape index (κ1) is 16.8. The maximum Gasteiger partial charge on any atom is 0.380 e. The third kappa shape index (κ3) is 3.89. The Hall–Kier alpha value is -3.07. The van der Waals surface area contributed by atoms with Gasteiger partial charge in [0, 0.05) is 6.20 Å². The molecule has 0 saturated heterocycles. The van der Waals surface area contributed by atoms with Crippen molar-refractivity contribution in [1.82, 2.24) is 25.2 Å². The molecule has 0 unspecified atom stereocenters. The number of hydrogen-bond donors (Lipinski definition) is 0. The van der Waals surface area contributed by atoms with Crippen molar-refractivity contribution in [2.75, 3.05) is 6.61 Å². The Kier molecular flexibility index (Phi) is 4.85. The lowest BCUT2D eigenvalue weighted by atomic mass is 10.3. The number of carbonyl (C=O) groups excluding carboxylic acids is 1. The van der Waals surface area contributed by atoms with E-state index in [4.69, 9.17) is 21.1 Å². The van der Waals surface area contributed by atoms with Gasteiger partial charge in [0.1, 0.15) is 5.75 Å². The van der Waals surface area contributed by atoms with Crippen molar-refractivity contribution >= 4 is 17.6 Å². The summed E-state index contributed by atoms with van der Waals surface area (Å²) in [7, 11) is 0. The molecule has 8 nitrogen and oxygen atoms in total. The van der Waals surface area contributed by atoms with Gasteiger partial charge >= 0.3 is 5.97 Å². The first-order valence-electron chi connectivity index (χ1n) is 7.13. The topological polar surface area (TPSA) is 92.0 Å². The third-order valence-electron chi connectivity index (χ3n) is 2.93. The zero-order valence-electron chi connectivity index (χ0n) is 12.9. The fourth-order valence-corrected chi connectivity index (χ4v) is 1.98. The molecule has 0 amide bonds. The molecule has 1 aromatic carbocycles. The maximum absolute atomic E-state index is 13.7. The SMILES string of the molecule is CCOC(=O)c1nnn(-c2ccc(Oc3ncc(Cl)cc3F)cc2)n1. The van der Waals surface area contributed by atoms with Gasteiger partial charge in [-0.1, -0.05) is 11.6 Å². The molecule has 0 N–H and O–H groups in total. The van der Waals surface area contributed by atoms with Crippen LogP contribution < -0.4 is 4.74 Å². The van der Waals surface area contributed by atoms with Gasteiger partial charge in [-0.3, -0.25) is 0 Å². The molecular formula is C15H11ClFN5O3. The lowest BCUT2D eigenvalue weighted by Gasteiger charge is -2.06. The number of tetrazole rings is 1. The minimum Gasteiger partial charge on any atom is -0.460 e. The summed E-state index contributed by atoms with van der Waals surface area (Å²) in [6.07, 6.45) is 1.28. The number of nitrogens with zero attached hydrogens (tertiary/aromatic N) is 5. The molecule has 2 heterocycles. The van der Waals surface area contributed by atoms with Gasteiger partial charge in [0.2, 0.25) is 0 Å². The summed E-state index contributed by atoms with van der Waals surface area (Å²) in [5.74, 6) is -1.31. The highest BCUT2D eigenvalue weighted by Crippen LogP contribution is 2.24. The lowest BCUT2D eigenvalue weighted by molar-refractivity contribution is 0.0512. The highest BCUT2D eigenvalue weighted by Gasteiger charge is 2.14. The Bertz CT molecular complexity index is 900. The molecule has 10 heteroatoms. The van der Waals surface area contributed by atoms with Crippen LogP contribution in [0.25, 0.3) is 5.69 Å². The highest BCUT2D eigenvalue weighted by molar-refractivity contribution is 6.30. The smallest absolute Gasteiger partial charge is 0.380 e. The van der Waals surface area contributed by atoms with E-state index in [-0.39, 0.29) is 23.3 Å². The second kappa shape index (κ2) is 7.22. The highest BCUT2D eigenvalue weighted by atomic mass is 35.5. The normalized spacial score (nSPS) is 10.5. The minimum atomic E-state index is -0.673. The molecule has 0 atom stereocenters. The predicted molar refractivity (Wildman–Crippen MR) is 84.4 cm³/mol. The molecule has 0 spiro atoms. The number of pyridine rings is 1. The largest absolute Gasteiger partial charge is 0.460 e. The molecule has 128 valence electrons. The summed E-state index contributed by atoms with van der Waals surface area (Å²) in [5.41, 5.74) is 0.528. The molecule has 25 heavy (non-hydrogen) atoms. The number of aromatic nitrogens is 5. The fraction of sp³-hybridized carbons (Fsp3) is 0.133. The van der Waals surface area contributed by atoms with Gasteiger partial charge in [0.05, 0.1) is 17.3 Å². The predicted octanol–water partition coefficient (Wildman–Crippen LogP) is 2.82. The molecular weight excluding hydrogens is 353 g/mol. The standard InChI is InChI=1S/C15H11ClFN5O3/c1-2-24-15(23)13-19-21-22(20-13)10-3-5-11(6-4-10)25-14-12(17)7-9(16)8-18-14/h3-8H,2H2,1H3. The van der Waals surface area contributed by atoms with Crippen molar-refractivity contribution in [2.24, 2.45) is 0 Å². The molecule has 0 aliphatic rings. The number of benzene rings is 1. The second-order valence-electron chi connectivity index (χ2n) is 4.66. The Balaban J connectivity index is 1.75. The van der Waals surface area contributed by atoms with Crippen molar-refractivity contribution in [3.8, 4) is 17.3 Å².